The highest BCUT2D eigenvalue weighted by Gasteiger charge is 2.53. The summed E-state index contributed by atoms with van der Waals surface area (Å²) in [7, 11) is 0. The maximum Gasteiger partial charge on any atom is 0.246 e. The third-order valence-corrected chi connectivity index (χ3v) is 5.16. The highest BCUT2D eigenvalue weighted by Crippen LogP contribution is 2.39. The number of likely N-dealkylation sites (tertiary alicyclic amines) is 2. The molecule has 4 rings (SSSR count). The average Bonchev–Trinajstić information content (AvgIpc) is 2.78. The second-order valence-electron chi connectivity index (χ2n) is 7.38. The number of benzene rings is 2. The van der Waals surface area contributed by atoms with Gasteiger partial charge in [0, 0.05) is 43.7 Å². The van der Waals surface area contributed by atoms with Crippen molar-refractivity contribution < 1.29 is 9.59 Å². The topological polar surface area (TPSA) is 40.6 Å². The Bertz CT molecular complexity index is 797. The van der Waals surface area contributed by atoms with Crippen molar-refractivity contribution in [1.29, 1.82) is 0 Å². The van der Waals surface area contributed by atoms with Crippen LogP contribution >= 0.6 is 0 Å². The minimum absolute atomic E-state index is 0.0400. The maximum absolute atomic E-state index is 12.2. The first kappa shape index (κ1) is 24.1. The second kappa shape index (κ2) is 11.9. The number of hydrogen-bond donors (Lipinski definition) is 0. The van der Waals surface area contributed by atoms with Gasteiger partial charge in [-0.05, 0) is 23.3 Å². The Kier molecular flexibility index (Phi) is 9.26. The van der Waals surface area contributed by atoms with E-state index in [0.717, 1.165) is 37.3 Å². The molecule has 0 aromatic heterocycles. The zero-order valence-corrected chi connectivity index (χ0v) is 19.1. The summed E-state index contributed by atoms with van der Waals surface area (Å²) in [6, 6.07) is 19.6. The summed E-state index contributed by atoms with van der Waals surface area (Å²) in [5.41, 5.74) is 2.14. The molecule has 0 saturated carbocycles. The van der Waals surface area contributed by atoms with Crippen LogP contribution in [0.15, 0.2) is 72.8 Å². The van der Waals surface area contributed by atoms with E-state index in [0.29, 0.717) is 0 Å². The van der Waals surface area contributed by atoms with Gasteiger partial charge in [0.15, 0.2) is 0 Å². The van der Waals surface area contributed by atoms with Crippen molar-refractivity contribution in [2.45, 2.75) is 27.7 Å². The first-order valence-corrected chi connectivity index (χ1v) is 11.2. The van der Waals surface area contributed by atoms with Gasteiger partial charge in [-0.3, -0.25) is 9.59 Å². The van der Waals surface area contributed by atoms with E-state index in [1.807, 2.05) is 110 Å². The van der Waals surface area contributed by atoms with Gasteiger partial charge in [0.25, 0.3) is 0 Å². The fraction of sp³-hybridized carbons (Fsp3) is 0.333. The van der Waals surface area contributed by atoms with Gasteiger partial charge in [-0.2, -0.15) is 0 Å². The average molecular weight is 419 g/mol. The van der Waals surface area contributed by atoms with Crippen molar-refractivity contribution in [3.63, 3.8) is 0 Å². The third kappa shape index (κ3) is 6.42. The molecule has 2 amide bonds. The molecule has 0 aliphatic carbocycles. The minimum atomic E-state index is 0.0400. The van der Waals surface area contributed by atoms with Crippen molar-refractivity contribution in [3.8, 4) is 0 Å². The Morgan fingerprint density at radius 1 is 0.645 bits per heavy atom. The molecule has 164 valence electrons. The molecule has 2 aromatic carbocycles. The molecule has 2 fully saturated rings. The van der Waals surface area contributed by atoms with E-state index in [1.54, 1.807) is 12.2 Å². The Hall–Kier alpha value is -3.14. The Morgan fingerprint density at radius 2 is 0.968 bits per heavy atom. The fourth-order valence-corrected chi connectivity index (χ4v) is 3.71. The monoisotopic (exact) mass is 418 g/mol. The number of nitrogens with zero attached hydrogens (tertiary/aromatic N) is 2. The van der Waals surface area contributed by atoms with E-state index in [4.69, 9.17) is 0 Å². The van der Waals surface area contributed by atoms with Crippen molar-refractivity contribution in [2.75, 3.05) is 26.2 Å². The van der Waals surface area contributed by atoms with E-state index in [2.05, 4.69) is 0 Å². The van der Waals surface area contributed by atoms with Crippen LogP contribution in [0, 0.1) is 5.41 Å². The van der Waals surface area contributed by atoms with Crippen LogP contribution in [0.3, 0.4) is 0 Å². The van der Waals surface area contributed by atoms with E-state index >= 15 is 0 Å². The Balaban J connectivity index is 0.000000807. The van der Waals surface area contributed by atoms with Crippen LogP contribution in [-0.2, 0) is 9.59 Å². The number of hydrogen-bond acceptors (Lipinski definition) is 2. The van der Waals surface area contributed by atoms with Gasteiger partial charge in [-0.25, -0.2) is 0 Å². The lowest BCUT2D eigenvalue weighted by atomic mass is 9.72. The van der Waals surface area contributed by atoms with Gasteiger partial charge < -0.3 is 9.80 Å². The van der Waals surface area contributed by atoms with E-state index in [9.17, 15) is 9.59 Å². The van der Waals surface area contributed by atoms with Crippen molar-refractivity contribution >= 4 is 24.0 Å². The predicted octanol–water partition coefficient (Wildman–Crippen LogP) is 5.14. The molecule has 0 radical (unpaired) electrons. The standard InChI is InChI=1S/C23H22N2O2.2C2H6/c26-21(13-11-19-7-3-1-4-8-19)24-15-23(16-24)17-25(18-23)22(27)14-12-20-9-5-2-6-10-20;2*1-2/h1-14H,15-18H2;2*1-2H3/b13-11+,14-12+;;. The SMILES string of the molecule is CC.CC.O=C(/C=C/c1ccccc1)N1CC2(C1)CN(C(=O)/C=C/c1ccccc1)C2. The van der Waals surface area contributed by atoms with Crippen LogP contribution in [-0.4, -0.2) is 47.8 Å². The van der Waals surface area contributed by atoms with Crippen LogP contribution in [0.1, 0.15) is 38.8 Å². The molecule has 2 aliphatic rings. The summed E-state index contributed by atoms with van der Waals surface area (Å²) in [6.45, 7) is 10.9. The summed E-state index contributed by atoms with van der Waals surface area (Å²) in [5, 5.41) is 0. The lowest BCUT2D eigenvalue weighted by Crippen LogP contribution is -2.73. The summed E-state index contributed by atoms with van der Waals surface area (Å²) in [4.78, 5) is 28.2. The quantitative estimate of drug-likeness (QED) is 0.646. The van der Waals surface area contributed by atoms with Crippen LogP contribution in [0.4, 0.5) is 0 Å². The van der Waals surface area contributed by atoms with Gasteiger partial charge >= 0.3 is 0 Å². The summed E-state index contributed by atoms with van der Waals surface area (Å²) in [6.07, 6.45) is 6.95. The molecule has 2 heterocycles. The lowest BCUT2D eigenvalue weighted by molar-refractivity contribution is -0.162. The highest BCUT2D eigenvalue weighted by molar-refractivity contribution is 5.94. The number of rotatable bonds is 4. The molecule has 4 nitrogen and oxygen atoms in total. The van der Waals surface area contributed by atoms with Gasteiger partial charge in [-0.15, -0.1) is 0 Å². The first-order chi connectivity index (χ1) is 15.1. The molecule has 4 heteroatoms. The molecule has 0 unspecified atom stereocenters. The highest BCUT2D eigenvalue weighted by atomic mass is 16.2. The normalized spacial score (nSPS) is 16.0. The molecule has 2 saturated heterocycles. The summed E-state index contributed by atoms with van der Waals surface area (Å²) < 4.78 is 0. The molecule has 2 aromatic rings. The lowest BCUT2D eigenvalue weighted by Gasteiger charge is -2.59. The molecule has 0 N–H and O–H groups in total. The maximum atomic E-state index is 12.2. The van der Waals surface area contributed by atoms with E-state index in [-0.39, 0.29) is 17.2 Å². The molecule has 0 bridgehead atoms. The largest absolute Gasteiger partial charge is 0.338 e. The van der Waals surface area contributed by atoms with E-state index < -0.39 is 0 Å². The minimum Gasteiger partial charge on any atom is -0.338 e. The summed E-state index contributed by atoms with van der Waals surface area (Å²) in [5.74, 6) is 0.0801. The number of carbonyl (C=O) groups excluding carboxylic acids is 2. The van der Waals surface area contributed by atoms with Crippen molar-refractivity contribution in [1.82, 2.24) is 9.80 Å². The van der Waals surface area contributed by atoms with Gasteiger partial charge in [0.2, 0.25) is 11.8 Å². The van der Waals surface area contributed by atoms with Crippen LogP contribution in [0.2, 0.25) is 0 Å². The zero-order valence-electron chi connectivity index (χ0n) is 19.1. The van der Waals surface area contributed by atoms with Crippen LogP contribution in [0.25, 0.3) is 12.2 Å². The zero-order chi connectivity index (χ0) is 22.7. The first-order valence-electron chi connectivity index (χ1n) is 11.2. The molecular weight excluding hydrogens is 384 g/mol. The smallest absolute Gasteiger partial charge is 0.246 e. The van der Waals surface area contributed by atoms with Crippen LogP contribution < -0.4 is 0 Å². The Labute approximate surface area is 186 Å². The number of amides is 2. The summed E-state index contributed by atoms with van der Waals surface area (Å²) >= 11 is 0. The molecule has 0 atom stereocenters. The predicted molar refractivity (Wildman–Crippen MR) is 129 cm³/mol. The van der Waals surface area contributed by atoms with Gasteiger partial charge in [0.1, 0.15) is 0 Å². The van der Waals surface area contributed by atoms with Crippen molar-refractivity contribution in [2.24, 2.45) is 5.41 Å². The third-order valence-electron chi connectivity index (χ3n) is 5.16. The second-order valence-corrected chi connectivity index (χ2v) is 7.38. The fourth-order valence-electron chi connectivity index (χ4n) is 3.71. The molecule has 31 heavy (non-hydrogen) atoms. The van der Waals surface area contributed by atoms with Crippen LogP contribution in [0.5, 0.6) is 0 Å². The van der Waals surface area contributed by atoms with Crippen molar-refractivity contribution in [3.05, 3.63) is 83.9 Å². The van der Waals surface area contributed by atoms with Gasteiger partial charge in [0.05, 0.1) is 0 Å². The molecule has 1 spiro atoms. The molecular formula is C27H34N2O2. The van der Waals surface area contributed by atoms with Gasteiger partial charge in [-0.1, -0.05) is 88.4 Å². The van der Waals surface area contributed by atoms with E-state index in [1.165, 1.54) is 0 Å². The Morgan fingerprint density at radius 3 is 1.29 bits per heavy atom. The number of carbonyl (C=O) groups is 2. The molecule has 2 aliphatic heterocycles.